The molecular weight excluding hydrogens is 192 g/mol. The molecule has 0 aromatic heterocycles. The highest BCUT2D eigenvalue weighted by molar-refractivity contribution is 5.62. The fourth-order valence-corrected chi connectivity index (χ4v) is 2.08. The molecule has 0 aliphatic carbocycles. The van der Waals surface area contributed by atoms with E-state index in [-0.39, 0.29) is 17.6 Å². The van der Waals surface area contributed by atoms with Crippen LogP contribution in [0.5, 0.6) is 0 Å². The standard InChI is InChI=1S/C12H22O3/c1-6-7-8(2)9-10(12(3,4)5)15-11(13)14-9/h8-10H,6-7H2,1-5H3/t8?,9-,10+/m0/s1. The van der Waals surface area contributed by atoms with Gasteiger partial charge in [-0.1, -0.05) is 41.0 Å². The average molecular weight is 214 g/mol. The minimum atomic E-state index is -0.511. The molecule has 1 aliphatic rings. The minimum absolute atomic E-state index is 0.0567. The van der Waals surface area contributed by atoms with Gasteiger partial charge in [0.25, 0.3) is 0 Å². The highest BCUT2D eigenvalue weighted by atomic mass is 16.8. The van der Waals surface area contributed by atoms with Crippen LogP contribution in [0.25, 0.3) is 0 Å². The van der Waals surface area contributed by atoms with Gasteiger partial charge in [-0.15, -0.1) is 0 Å². The first-order valence-electron chi connectivity index (χ1n) is 5.73. The van der Waals surface area contributed by atoms with Crippen molar-refractivity contribution in [3.63, 3.8) is 0 Å². The molecule has 0 N–H and O–H groups in total. The largest absolute Gasteiger partial charge is 0.509 e. The van der Waals surface area contributed by atoms with Gasteiger partial charge in [0.15, 0.2) is 0 Å². The van der Waals surface area contributed by atoms with Gasteiger partial charge in [0.05, 0.1) is 0 Å². The molecule has 3 nitrogen and oxygen atoms in total. The molecule has 1 fully saturated rings. The van der Waals surface area contributed by atoms with Gasteiger partial charge in [-0.2, -0.15) is 0 Å². The number of carbonyl (C=O) groups excluding carboxylic acids is 1. The Labute approximate surface area is 92.1 Å². The summed E-state index contributed by atoms with van der Waals surface area (Å²) in [6.45, 7) is 10.5. The molecule has 3 heteroatoms. The Kier molecular flexibility index (Phi) is 3.63. The molecule has 0 aromatic carbocycles. The molecule has 1 saturated heterocycles. The third-order valence-corrected chi connectivity index (χ3v) is 2.91. The second-order valence-electron chi connectivity index (χ2n) is 5.50. The molecule has 0 saturated carbocycles. The highest BCUT2D eigenvalue weighted by Gasteiger charge is 2.46. The zero-order chi connectivity index (χ0) is 11.6. The summed E-state index contributed by atoms with van der Waals surface area (Å²) in [4.78, 5) is 11.2. The molecule has 1 heterocycles. The van der Waals surface area contributed by atoms with Gasteiger partial charge in [-0.3, -0.25) is 0 Å². The van der Waals surface area contributed by atoms with Crippen LogP contribution in [0, 0.1) is 11.3 Å². The molecule has 0 aromatic rings. The Morgan fingerprint density at radius 2 is 1.93 bits per heavy atom. The summed E-state index contributed by atoms with van der Waals surface area (Å²) in [7, 11) is 0. The van der Waals surface area contributed by atoms with Crippen LogP contribution in [-0.4, -0.2) is 18.4 Å². The molecule has 0 radical (unpaired) electrons. The molecule has 3 atom stereocenters. The van der Waals surface area contributed by atoms with Crippen LogP contribution in [0.1, 0.15) is 47.5 Å². The summed E-state index contributed by atoms with van der Waals surface area (Å²) in [6, 6.07) is 0. The lowest BCUT2D eigenvalue weighted by Crippen LogP contribution is -2.39. The Bertz CT molecular complexity index is 230. The van der Waals surface area contributed by atoms with E-state index < -0.39 is 6.16 Å². The summed E-state index contributed by atoms with van der Waals surface area (Å²) in [5.41, 5.74) is -0.0567. The van der Waals surface area contributed by atoms with Gasteiger partial charge in [0, 0.05) is 5.41 Å². The van der Waals surface area contributed by atoms with Crippen molar-refractivity contribution in [2.45, 2.75) is 59.7 Å². The van der Waals surface area contributed by atoms with Crippen molar-refractivity contribution in [2.24, 2.45) is 11.3 Å². The van der Waals surface area contributed by atoms with E-state index in [9.17, 15) is 4.79 Å². The van der Waals surface area contributed by atoms with E-state index in [0.29, 0.717) is 5.92 Å². The fraction of sp³-hybridized carbons (Fsp3) is 0.917. The molecule has 1 rings (SSSR count). The molecule has 88 valence electrons. The SMILES string of the molecule is CCCC(C)[C@@H]1OC(=O)O[C@H]1C(C)(C)C. The van der Waals surface area contributed by atoms with E-state index in [1.165, 1.54) is 0 Å². The maximum absolute atomic E-state index is 11.2. The maximum atomic E-state index is 11.2. The van der Waals surface area contributed by atoms with Crippen LogP contribution in [-0.2, 0) is 9.47 Å². The summed E-state index contributed by atoms with van der Waals surface area (Å²) in [5.74, 6) is 0.366. The van der Waals surface area contributed by atoms with E-state index in [1.54, 1.807) is 0 Å². The van der Waals surface area contributed by atoms with E-state index in [4.69, 9.17) is 9.47 Å². The Morgan fingerprint density at radius 1 is 1.33 bits per heavy atom. The molecule has 0 bridgehead atoms. The first-order valence-corrected chi connectivity index (χ1v) is 5.73. The first kappa shape index (κ1) is 12.3. The third kappa shape index (κ3) is 2.86. The number of rotatable bonds is 3. The predicted octanol–water partition coefficient (Wildman–Crippen LogP) is 3.37. The molecule has 1 unspecified atom stereocenters. The Morgan fingerprint density at radius 3 is 2.40 bits per heavy atom. The lowest BCUT2D eigenvalue weighted by molar-refractivity contribution is 0.0279. The van der Waals surface area contributed by atoms with Crippen LogP contribution in [0.2, 0.25) is 0 Å². The quantitative estimate of drug-likeness (QED) is 0.676. The van der Waals surface area contributed by atoms with Crippen LogP contribution in [0.3, 0.4) is 0 Å². The van der Waals surface area contributed by atoms with E-state index in [0.717, 1.165) is 12.8 Å². The Balaban J connectivity index is 2.73. The summed E-state index contributed by atoms with van der Waals surface area (Å²) in [6.07, 6.45) is 1.45. The normalized spacial score (nSPS) is 28.5. The summed E-state index contributed by atoms with van der Waals surface area (Å²) < 4.78 is 10.5. The topological polar surface area (TPSA) is 35.5 Å². The van der Waals surface area contributed by atoms with Gasteiger partial charge >= 0.3 is 6.16 Å². The minimum Gasteiger partial charge on any atom is -0.427 e. The van der Waals surface area contributed by atoms with Crippen molar-refractivity contribution >= 4 is 6.16 Å². The number of hydrogen-bond acceptors (Lipinski definition) is 3. The maximum Gasteiger partial charge on any atom is 0.509 e. The van der Waals surface area contributed by atoms with Gasteiger partial charge < -0.3 is 9.47 Å². The zero-order valence-corrected chi connectivity index (χ0v) is 10.4. The van der Waals surface area contributed by atoms with Crippen molar-refractivity contribution in [2.75, 3.05) is 0 Å². The second-order valence-corrected chi connectivity index (χ2v) is 5.50. The second kappa shape index (κ2) is 4.42. The van der Waals surface area contributed by atoms with Crippen LogP contribution < -0.4 is 0 Å². The number of cyclic esters (lactones) is 2. The van der Waals surface area contributed by atoms with Crippen molar-refractivity contribution in [3.05, 3.63) is 0 Å². The van der Waals surface area contributed by atoms with Crippen LogP contribution >= 0.6 is 0 Å². The molecular formula is C12H22O3. The lowest BCUT2D eigenvalue weighted by atomic mass is 9.81. The van der Waals surface area contributed by atoms with Crippen molar-refractivity contribution in [1.82, 2.24) is 0 Å². The monoisotopic (exact) mass is 214 g/mol. The molecule has 15 heavy (non-hydrogen) atoms. The Hall–Kier alpha value is -0.730. The van der Waals surface area contributed by atoms with Gasteiger partial charge in [0.2, 0.25) is 0 Å². The predicted molar refractivity (Wildman–Crippen MR) is 58.7 cm³/mol. The molecule has 0 spiro atoms. The summed E-state index contributed by atoms with van der Waals surface area (Å²) in [5, 5.41) is 0. The molecule has 1 aliphatic heterocycles. The highest BCUT2D eigenvalue weighted by Crippen LogP contribution is 2.35. The van der Waals surface area contributed by atoms with Gasteiger partial charge in [0.1, 0.15) is 12.2 Å². The van der Waals surface area contributed by atoms with Crippen molar-refractivity contribution < 1.29 is 14.3 Å². The number of hydrogen-bond donors (Lipinski definition) is 0. The third-order valence-electron chi connectivity index (χ3n) is 2.91. The smallest absolute Gasteiger partial charge is 0.427 e. The van der Waals surface area contributed by atoms with E-state index >= 15 is 0 Å². The molecule has 0 amide bonds. The number of carbonyl (C=O) groups is 1. The zero-order valence-electron chi connectivity index (χ0n) is 10.4. The van der Waals surface area contributed by atoms with Crippen LogP contribution in [0.4, 0.5) is 4.79 Å². The van der Waals surface area contributed by atoms with Gasteiger partial charge in [-0.05, 0) is 12.3 Å². The lowest BCUT2D eigenvalue weighted by Gasteiger charge is -2.30. The first-order chi connectivity index (χ1) is 6.86. The van der Waals surface area contributed by atoms with E-state index in [1.807, 2.05) is 0 Å². The van der Waals surface area contributed by atoms with Crippen molar-refractivity contribution in [3.8, 4) is 0 Å². The number of ether oxygens (including phenoxy) is 2. The van der Waals surface area contributed by atoms with Crippen LogP contribution in [0.15, 0.2) is 0 Å². The summed E-state index contributed by atoms with van der Waals surface area (Å²) >= 11 is 0. The fourth-order valence-electron chi connectivity index (χ4n) is 2.08. The van der Waals surface area contributed by atoms with Crippen molar-refractivity contribution in [1.29, 1.82) is 0 Å². The van der Waals surface area contributed by atoms with E-state index in [2.05, 4.69) is 34.6 Å². The van der Waals surface area contributed by atoms with Gasteiger partial charge in [-0.25, -0.2) is 4.79 Å². The average Bonchev–Trinajstić information content (AvgIpc) is 2.47.